The van der Waals surface area contributed by atoms with Gasteiger partial charge in [0, 0.05) is 13.2 Å². The van der Waals surface area contributed by atoms with E-state index in [2.05, 4.69) is 5.32 Å². The van der Waals surface area contributed by atoms with E-state index >= 15 is 0 Å². The zero-order chi connectivity index (χ0) is 18.1. The molecule has 0 heterocycles. The molecule has 0 aliphatic rings. The van der Waals surface area contributed by atoms with E-state index in [1.165, 1.54) is 6.07 Å². The first kappa shape index (κ1) is 18.7. The Morgan fingerprint density at radius 3 is 2.48 bits per heavy atom. The number of amides is 1. The van der Waals surface area contributed by atoms with Gasteiger partial charge in [0.05, 0.1) is 18.1 Å². The van der Waals surface area contributed by atoms with Gasteiger partial charge in [0.15, 0.2) is 0 Å². The molecule has 2 rings (SSSR count). The molecule has 5 nitrogen and oxygen atoms in total. The van der Waals surface area contributed by atoms with Gasteiger partial charge in [-0.3, -0.25) is 4.79 Å². The second kappa shape index (κ2) is 9.59. The molecule has 0 fully saturated rings. The highest BCUT2D eigenvalue weighted by Gasteiger charge is 2.12. The predicted molar refractivity (Wildman–Crippen MR) is 95.5 cm³/mol. The summed E-state index contributed by atoms with van der Waals surface area (Å²) in [5.74, 6) is -1.21. The van der Waals surface area contributed by atoms with Crippen molar-refractivity contribution >= 4 is 11.9 Å². The molecule has 0 radical (unpaired) electrons. The summed E-state index contributed by atoms with van der Waals surface area (Å²) in [6.45, 7) is 3.04. The average Bonchev–Trinajstić information content (AvgIpc) is 2.62. The molecule has 1 atom stereocenters. The fourth-order valence-corrected chi connectivity index (χ4v) is 2.50. The van der Waals surface area contributed by atoms with Crippen LogP contribution in [-0.4, -0.2) is 30.1 Å². The zero-order valence-electron chi connectivity index (χ0n) is 14.3. The summed E-state index contributed by atoms with van der Waals surface area (Å²) in [5.41, 5.74) is 1.80. The molecule has 2 aromatic carbocycles. The molecule has 2 N–H and O–H groups in total. The predicted octanol–water partition coefficient (Wildman–Crippen LogP) is 3.21. The third kappa shape index (κ3) is 6.04. The van der Waals surface area contributed by atoms with Crippen LogP contribution < -0.4 is 5.32 Å². The van der Waals surface area contributed by atoms with Crippen LogP contribution in [0.1, 0.15) is 40.9 Å². The van der Waals surface area contributed by atoms with Crippen molar-refractivity contribution in [1.29, 1.82) is 0 Å². The Labute approximate surface area is 147 Å². The quantitative estimate of drug-likeness (QED) is 0.687. The molecule has 1 amide bonds. The van der Waals surface area contributed by atoms with Crippen molar-refractivity contribution < 1.29 is 19.4 Å². The zero-order valence-corrected chi connectivity index (χ0v) is 14.3. The Morgan fingerprint density at radius 2 is 1.76 bits per heavy atom. The van der Waals surface area contributed by atoms with E-state index in [4.69, 9.17) is 9.84 Å². The number of ether oxygens (including phenoxy) is 1. The lowest BCUT2D eigenvalue weighted by Gasteiger charge is -2.13. The second-order valence-electron chi connectivity index (χ2n) is 5.77. The van der Waals surface area contributed by atoms with Gasteiger partial charge in [-0.25, -0.2) is 4.79 Å². The van der Waals surface area contributed by atoms with E-state index in [-0.39, 0.29) is 24.0 Å². The van der Waals surface area contributed by atoms with Gasteiger partial charge in [-0.1, -0.05) is 48.5 Å². The molecule has 132 valence electrons. The van der Waals surface area contributed by atoms with Gasteiger partial charge in [0.1, 0.15) is 0 Å². The summed E-state index contributed by atoms with van der Waals surface area (Å²) in [6, 6.07) is 16.5. The molecule has 0 aliphatic carbocycles. The molecule has 0 saturated carbocycles. The molecule has 1 unspecified atom stereocenters. The van der Waals surface area contributed by atoms with E-state index in [1.807, 2.05) is 37.3 Å². The number of aromatic carboxylic acids is 1. The summed E-state index contributed by atoms with van der Waals surface area (Å²) in [7, 11) is 0. The fraction of sp³-hybridized carbons (Fsp3) is 0.300. The van der Waals surface area contributed by atoms with E-state index < -0.39 is 5.97 Å². The molecule has 25 heavy (non-hydrogen) atoms. The Balaban J connectivity index is 1.68. The molecule has 0 aliphatic heterocycles. The van der Waals surface area contributed by atoms with Crippen LogP contribution in [0.25, 0.3) is 0 Å². The Bertz CT molecular complexity index is 700. The van der Waals surface area contributed by atoms with Crippen molar-refractivity contribution in [3.05, 3.63) is 71.3 Å². The minimum Gasteiger partial charge on any atom is -0.478 e. The van der Waals surface area contributed by atoms with Gasteiger partial charge in [-0.05, 0) is 30.5 Å². The Kier molecular flexibility index (Phi) is 7.16. The monoisotopic (exact) mass is 341 g/mol. The highest BCUT2D eigenvalue weighted by atomic mass is 16.5. The van der Waals surface area contributed by atoms with Gasteiger partial charge < -0.3 is 15.2 Å². The summed E-state index contributed by atoms with van der Waals surface area (Å²) in [6.07, 6.45) is 0.770. The molecular weight excluding hydrogens is 318 g/mol. The normalized spacial score (nSPS) is 11.7. The smallest absolute Gasteiger partial charge is 0.335 e. The maximum atomic E-state index is 12.0. The number of hydrogen-bond acceptors (Lipinski definition) is 3. The molecule has 0 aromatic heterocycles. The minimum absolute atomic E-state index is 0.0133. The Hall–Kier alpha value is -2.66. The third-order valence-electron chi connectivity index (χ3n) is 3.88. The molecule has 0 bridgehead atoms. The maximum absolute atomic E-state index is 12.0. The van der Waals surface area contributed by atoms with Gasteiger partial charge in [-0.15, -0.1) is 0 Å². The van der Waals surface area contributed by atoms with Crippen LogP contribution in [0.15, 0.2) is 54.6 Å². The van der Waals surface area contributed by atoms with Crippen LogP contribution in [0.3, 0.4) is 0 Å². The molecule has 2 aromatic rings. The molecular formula is C20H23NO4. The summed E-state index contributed by atoms with van der Waals surface area (Å²) < 4.78 is 5.75. The number of rotatable bonds is 9. The van der Waals surface area contributed by atoms with Crippen molar-refractivity contribution in [3.63, 3.8) is 0 Å². The largest absolute Gasteiger partial charge is 0.478 e. The number of carboxylic acid groups (broad SMARTS) is 1. The first-order valence-electron chi connectivity index (χ1n) is 8.32. The van der Waals surface area contributed by atoms with E-state index in [0.29, 0.717) is 25.1 Å². The molecule has 5 heteroatoms. The van der Waals surface area contributed by atoms with Crippen LogP contribution in [0, 0.1) is 0 Å². The van der Waals surface area contributed by atoms with E-state index in [1.54, 1.807) is 18.2 Å². The fourth-order valence-electron chi connectivity index (χ4n) is 2.50. The number of carboxylic acids is 1. The van der Waals surface area contributed by atoms with Crippen LogP contribution in [0.4, 0.5) is 0 Å². The van der Waals surface area contributed by atoms with Crippen molar-refractivity contribution in [3.8, 4) is 0 Å². The lowest BCUT2D eigenvalue weighted by molar-refractivity contribution is -0.120. The average molecular weight is 341 g/mol. The summed E-state index contributed by atoms with van der Waals surface area (Å²) in [4.78, 5) is 23.1. The first-order valence-corrected chi connectivity index (χ1v) is 8.32. The van der Waals surface area contributed by atoms with Crippen molar-refractivity contribution in [2.24, 2.45) is 0 Å². The standard InChI is InChI=1S/C20H23NO4/c1-15(16-8-3-2-4-9-16)25-13-7-12-21-19(22)14-17-10-5-6-11-18(17)20(23)24/h2-6,8-11,15H,7,12-14H2,1H3,(H,21,22)(H,23,24). The highest BCUT2D eigenvalue weighted by molar-refractivity contribution is 5.91. The van der Waals surface area contributed by atoms with Gasteiger partial charge in [-0.2, -0.15) is 0 Å². The summed E-state index contributed by atoms with van der Waals surface area (Å²) in [5, 5.41) is 11.9. The first-order chi connectivity index (χ1) is 12.1. The third-order valence-corrected chi connectivity index (χ3v) is 3.88. The molecule has 0 spiro atoms. The van der Waals surface area contributed by atoms with Crippen LogP contribution in [0.5, 0.6) is 0 Å². The highest BCUT2D eigenvalue weighted by Crippen LogP contribution is 2.15. The number of carbonyl (C=O) groups is 2. The number of nitrogens with one attached hydrogen (secondary N) is 1. The number of benzene rings is 2. The van der Waals surface area contributed by atoms with E-state index in [9.17, 15) is 9.59 Å². The lowest BCUT2D eigenvalue weighted by Crippen LogP contribution is -2.27. The van der Waals surface area contributed by atoms with E-state index in [0.717, 1.165) is 5.56 Å². The van der Waals surface area contributed by atoms with Gasteiger partial charge >= 0.3 is 5.97 Å². The Morgan fingerprint density at radius 1 is 1.08 bits per heavy atom. The second-order valence-corrected chi connectivity index (χ2v) is 5.77. The molecule has 0 saturated heterocycles. The summed E-state index contributed by atoms with van der Waals surface area (Å²) >= 11 is 0. The van der Waals surface area contributed by atoms with Gasteiger partial charge in [0.2, 0.25) is 5.91 Å². The number of carbonyl (C=O) groups excluding carboxylic acids is 1. The van der Waals surface area contributed by atoms with Crippen LogP contribution in [0.2, 0.25) is 0 Å². The van der Waals surface area contributed by atoms with Crippen molar-refractivity contribution in [1.82, 2.24) is 5.32 Å². The maximum Gasteiger partial charge on any atom is 0.335 e. The van der Waals surface area contributed by atoms with Crippen LogP contribution >= 0.6 is 0 Å². The van der Waals surface area contributed by atoms with Crippen LogP contribution in [-0.2, 0) is 16.0 Å². The van der Waals surface area contributed by atoms with Gasteiger partial charge in [0.25, 0.3) is 0 Å². The number of hydrogen-bond donors (Lipinski definition) is 2. The van der Waals surface area contributed by atoms with Crippen molar-refractivity contribution in [2.45, 2.75) is 25.9 Å². The van der Waals surface area contributed by atoms with Crippen molar-refractivity contribution in [2.75, 3.05) is 13.2 Å². The topological polar surface area (TPSA) is 75.6 Å². The minimum atomic E-state index is -1.02. The lowest BCUT2D eigenvalue weighted by atomic mass is 10.0. The SMILES string of the molecule is CC(OCCCNC(=O)Cc1ccccc1C(=O)O)c1ccccc1.